The van der Waals surface area contributed by atoms with Gasteiger partial charge in [-0.1, -0.05) is 57.2 Å². The zero-order valence-corrected chi connectivity index (χ0v) is 20.2. The van der Waals surface area contributed by atoms with Gasteiger partial charge in [0.1, 0.15) is 0 Å². The molecule has 1 atom stereocenters. The van der Waals surface area contributed by atoms with Gasteiger partial charge in [0.15, 0.2) is 17.4 Å². The summed E-state index contributed by atoms with van der Waals surface area (Å²) in [4.78, 5) is 14.8. The van der Waals surface area contributed by atoms with Crippen LogP contribution in [0, 0.1) is 5.41 Å². The van der Waals surface area contributed by atoms with Crippen molar-refractivity contribution in [3.63, 3.8) is 0 Å². The van der Waals surface area contributed by atoms with Crippen molar-refractivity contribution in [1.82, 2.24) is 13.6 Å². The van der Waals surface area contributed by atoms with Gasteiger partial charge in [-0.05, 0) is 42.4 Å². The number of rotatable bonds is 6. The molecular weight excluding hydrogens is 434 g/mol. The molecule has 1 aliphatic heterocycles. The molecule has 0 radical (unpaired) electrons. The van der Waals surface area contributed by atoms with Crippen LogP contribution in [0.2, 0.25) is 0 Å². The van der Waals surface area contributed by atoms with Gasteiger partial charge in [-0.15, -0.1) is 0 Å². The number of phenolic OH excluding ortho intramolecular Hbond substituents is 1. The number of aromatic hydroxyl groups is 1. The molecule has 3 N–H and O–H groups in total. The summed E-state index contributed by atoms with van der Waals surface area (Å²) in [5.41, 5.74) is 1.81. The Labute approximate surface area is 199 Å². The maximum absolute atomic E-state index is 13.0. The lowest BCUT2D eigenvalue weighted by Crippen LogP contribution is -2.35. The van der Waals surface area contributed by atoms with E-state index in [1.165, 1.54) is 0 Å². The molecular formula is C25H31N5O2S. The molecule has 33 heavy (non-hydrogen) atoms. The van der Waals surface area contributed by atoms with E-state index in [1.807, 2.05) is 23.1 Å². The van der Waals surface area contributed by atoms with E-state index in [1.54, 1.807) is 18.2 Å². The van der Waals surface area contributed by atoms with Gasteiger partial charge in [0.05, 0.1) is 29.0 Å². The van der Waals surface area contributed by atoms with Crippen LogP contribution in [0.1, 0.15) is 62.0 Å². The second-order valence-electron chi connectivity index (χ2n) is 9.50. The van der Waals surface area contributed by atoms with Crippen LogP contribution in [0.3, 0.4) is 0 Å². The predicted molar refractivity (Wildman–Crippen MR) is 133 cm³/mol. The number of para-hydroxylation sites is 1. The number of carbonyl (C=O) groups excluding carboxylic acids is 1. The molecule has 7 nitrogen and oxygen atoms in total. The van der Waals surface area contributed by atoms with Gasteiger partial charge < -0.3 is 20.6 Å². The van der Waals surface area contributed by atoms with Crippen molar-refractivity contribution in [3.05, 3.63) is 59.7 Å². The largest absolute Gasteiger partial charge is 0.505 e. The van der Waals surface area contributed by atoms with Crippen molar-refractivity contribution in [2.45, 2.75) is 46.1 Å². The monoisotopic (exact) mass is 465 g/mol. The van der Waals surface area contributed by atoms with Crippen molar-refractivity contribution in [1.29, 1.82) is 0 Å². The van der Waals surface area contributed by atoms with E-state index in [4.69, 9.17) is 0 Å². The molecule has 0 saturated carbocycles. The van der Waals surface area contributed by atoms with Gasteiger partial charge in [0, 0.05) is 13.1 Å². The third-order valence-electron chi connectivity index (χ3n) is 5.93. The average Bonchev–Trinajstić information content (AvgIpc) is 3.25. The number of nitrogens with one attached hydrogen (secondary N) is 2. The lowest BCUT2D eigenvalue weighted by Gasteiger charge is -2.32. The van der Waals surface area contributed by atoms with Gasteiger partial charge in [-0.3, -0.25) is 4.79 Å². The third-order valence-corrected chi connectivity index (χ3v) is 6.46. The molecule has 0 spiro atoms. The molecule has 8 heteroatoms. The van der Waals surface area contributed by atoms with Crippen LogP contribution >= 0.6 is 11.7 Å². The summed E-state index contributed by atoms with van der Waals surface area (Å²) < 4.78 is 8.85. The first kappa shape index (κ1) is 23.0. The van der Waals surface area contributed by atoms with Crippen LogP contribution in [0.5, 0.6) is 5.75 Å². The number of piperidine rings is 1. The van der Waals surface area contributed by atoms with Crippen molar-refractivity contribution < 1.29 is 9.90 Å². The van der Waals surface area contributed by atoms with Crippen LogP contribution in [0.25, 0.3) is 0 Å². The number of benzene rings is 2. The van der Waals surface area contributed by atoms with E-state index in [2.05, 4.69) is 52.3 Å². The highest BCUT2D eigenvalue weighted by Crippen LogP contribution is 2.38. The fourth-order valence-corrected chi connectivity index (χ4v) is 4.63. The first-order valence-electron chi connectivity index (χ1n) is 11.4. The fraction of sp³-hybridized carbons (Fsp3) is 0.400. The van der Waals surface area contributed by atoms with E-state index in [-0.39, 0.29) is 23.1 Å². The molecule has 1 aliphatic rings. The number of aromatic nitrogens is 2. The number of carbonyl (C=O) groups is 1. The Balaban J connectivity index is 1.57. The van der Waals surface area contributed by atoms with Crippen LogP contribution in [-0.2, 0) is 0 Å². The van der Waals surface area contributed by atoms with Crippen molar-refractivity contribution in [2.75, 3.05) is 23.7 Å². The van der Waals surface area contributed by atoms with Crippen LogP contribution in [0.15, 0.2) is 48.5 Å². The lowest BCUT2D eigenvalue weighted by molar-refractivity contribution is 0.0721. The van der Waals surface area contributed by atoms with Gasteiger partial charge in [0.25, 0.3) is 5.91 Å². The number of likely N-dealkylation sites (tertiary alicyclic amines) is 1. The lowest BCUT2D eigenvalue weighted by atomic mass is 9.82. The molecule has 1 amide bonds. The highest BCUT2D eigenvalue weighted by molar-refractivity contribution is 6.99. The first-order chi connectivity index (χ1) is 15.8. The Kier molecular flexibility index (Phi) is 6.83. The molecule has 2 aromatic carbocycles. The number of hydrogen-bond acceptors (Lipinski definition) is 7. The smallest absolute Gasteiger partial charge is 0.257 e. The molecule has 0 unspecified atom stereocenters. The summed E-state index contributed by atoms with van der Waals surface area (Å²) in [5, 5.41) is 17.6. The highest BCUT2D eigenvalue weighted by atomic mass is 32.1. The Hall–Kier alpha value is -3.13. The molecule has 2 heterocycles. The maximum atomic E-state index is 13.0. The third kappa shape index (κ3) is 5.27. The van der Waals surface area contributed by atoms with Gasteiger partial charge >= 0.3 is 0 Å². The fourth-order valence-electron chi connectivity index (χ4n) is 4.16. The molecule has 174 valence electrons. The van der Waals surface area contributed by atoms with Crippen LogP contribution in [0.4, 0.5) is 17.3 Å². The Morgan fingerprint density at radius 2 is 1.70 bits per heavy atom. The first-order valence-corrected chi connectivity index (χ1v) is 12.1. The summed E-state index contributed by atoms with van der Waals surface area (Å²) in [6.07, 6.45) is 3.14. The quantitative estimate of drug-likeness (QED) is 0.398. The number of phenols is 1. The standard InChI is InChI=1S/C25H31N5O2S/c1-25(2,3)21(17-11-6-4-7-12-17)27-23-22(28-33-29-23)26-19-14-10-13-18(20(19)31)24(32)30-15-8-5-9-16-30/h4,6-7,10-14,21,31H,5,8-9,15-16H2,1-3H3,(H,26,28)(H,27,29)/t21-/m0/s1. The Morgan fingerprint density at radius 1 is 1.00 bits per heavy atom. The minimum atomic E-state index is -0.137. The van der Waals surface area contributed by atoms with Crippen molar-refractivity contribution in [3.8, 4) is 5.75 Å². The molecule has 4 rings (SSSR count). The van der Waals surface area contributed by atoms with Gasteiger partial charge in [0.2, 0.25) is 0 Å². The van der Waals surface area contributed by atoms with E-state index >= 15 is 0 Å². The predicted octanol–water partition coefficient (Wildman–Crippen LogP) is 5.81. The summed E-state index contributed by atoms with van der Waals surface area (Å²) in [5.74, 6) is 0.920. The van der Waals surface area contributed by atoms with E-state index < -0.39 is 0 Å². The summed E-state index contributed by atoms with van der Waals surface area (Å²) >= 11 is 1.09. The summed E-state index contributed by atoms with van der Waals surface area (Å²) in [7, 11) is 0. The number of anilines is 3. The topological polar surface area (TPSA) is 90.4 Å². The number of nitrogens with zero attached hydrogens (tertiary/aromatic N) is 3. The number of amides is 1. The van der Waals surface area contributed by atoms with Crippen LogP contribution in [-0.4, -0.2) is 37.8 Å². The highest BCUT2D eigenvalue weighted by Gasteiger charge is 2.28. The zero-order valence-electron chi connectivity index (χ0n) is 19.3. The molecule has 1 aromatic heterocycles. The van der Waals surface area contributed by atoms with Crippen molar-refractivity contribution in [2.24, 2.45) is 5.41 Å². The SMILES string of the molecule is CC(C)(C)[C@@H](Nc1nsnc1Nc1cccc(C(=O)N2CCCCC2)c1O)c1ccccc1. The summed E-state index contributed by atoms with van der Waals surface area (Å²) in [6, 6.07) is 15.4. The molecule has 3 aromatic rings. The molecule has 1 saturated heterocycles. The Morgan fingerprint density at radius 3 is 2.39 bits per heavy atom. The minimum absolute atomic E-state index is 0.00348. The van der Waals surface area contributed by atoms with E-state index in [9.17, 15) is 9.90 Å². The normalized spacial score (nSPS) is 15.2. The van der Waals surface area contributed by atoms with E-state index in [0.717, 1.165) is 49.6 Å². The summed E-state index contributed by atoms with van der Waals surface area (Å²) in [6.45, 7) is 7.98. The Bertz CT molecular complexity index is 1090. The zero-order chi connectivity index (χ0) is 23.4. The van der Waals surface area contributed by atoms with Gasteiger partial charge in [-0.25, -0.2) is 0 Å². The molecule has 0 bridgehead atoms. The number of hydrogen-bond donors (Lipinski definition) is 3. The minimum Gasteiger partial charge on any atom is -0.505 e. The molecule has 0 aliphatic carbocycles. The average molecular weight is 466 g/mol. The second kappa shape index (κ2) is 9.79. The van der Waals surface area contributed by atoms with E-state index in [0.29, 0.717) is 22.9 Å². The maximum Gasteiger partial charge on any atom is 0.257 e. The van der Waals surface area contributed by atoms with Gasteiger partial charge in [-0.2, -0.15) is 8.75 Å². The molecule has 1 fully saturated rings. The van der Waals surface area contributed by atoms with Crippen LogP contribution < -0.4 is 10.6 Å². The van der Waals surface area contributed by atoms with Crippen molar-refractivity contribution >= 4 is 35.0 Å². The second-order valence-corrected chi connectivity index (χ2v) is 10.0.